The summed E-state index contributed by atoms with van der Waals surface area (Å²) in [4.78, 5) is 2.33. The number of aliphatic hydroxyl groups excluding tert-OH is 1. The minimum absolute atomic E-state index is 0.410. The van der Waals surface area contributed by atoms with Crippen molar-refractivity contribution in [3.05, 3.63) is 48.0 Å². The standard InChI is InChI=1S/C18H23NO/c1-19(15-9-3-4-10-15)13-18(20)17-12-6-8-14-7-2-5-11-16(14)17/h2,5-8,11-12,15,18,20H,3-4,9-10,13H2,1H3. The van der Waals surface area contributed by atoms with Crippen LogP contribution in [0, 0.1) is 0 Å². The van der Waals surface area contributed by atoms with Gasteiger partial charge in [-0.2, -0.15) is 0 Å². The summed E-state index contributed by atoms with van der Waals surface area (Å²) in [7, 11) is 2.14. The Labute approximate surface area is 121 Å². The molecule has 0 saturated heterocycles. The third-order valence-corrected chi connectivity index (χ3v) is 4.59. The van der Waals surface area contributed by atoms with E-state index < -0.39 is 6.10 Å². The summed E-state index contributed by atoms with van der Waals surface area (Å²) in [5.41, 5.74) is 1.05. The lowest BCUT2D eigenvalue weighted by atomic mass is 10.00. The highest BCUT2D eigenvalue weighted by Crippen LogP contribution is 2.27. The molecule has 0 bridgehead atoms. The van der Waals surface area contributed by atoms with Gasteiger partial charge in [-0.15, -0.1) is 0 Å². The molecule has 0 spiro atoms. The molecule has 2 aromatic carbocycles. The van der Waals surface area contributed by atoms with Crippen molar-refractivity contribution < 1.29 is 5.11 Å². The fraction of sp³-hybridized carbons (Fsp3) is 0.444. The predicted octanol–water partition coefficient (Wildman–Crippen LogP) is 3.75. The van der Waals surface area contributed by atoms with E-state index in [9.17, 15) is 5.11 Å². The average molecular weight is 269 g/mol. The zero-order valence-electron chi connectivity index (χ0n) is 12.1. The summed E-state index contributed by atoms with van der Waals surface area (Å²) in [5.74, 6) is 0. The van der Waals surface area contributed by atoms with E-state index in [2.05, 4.69) is 36.2 Å². The van der Waals surface area contributed by atoms with Crippen molar-refractivity contribution in [1.82, 2.24) is 4.90 Å². The van der Waals surface area contributed by atoms with Gasteiger partial charge in [0.1, 0.15) is 0 Å². The summed E-state index contributed by atoms with van der Waals surface area (Å²) in [6.07, 6.45) is 4.81. The van der Waals surface area contributed by atoms with Crippen LogP contribution < -0.4 is 0 Å². The van der Waals surface area contributed by atoms with Crippen molar-refractivity contribution >= 4 is 10.8 Å². The maximum Gasteiger partial charge on any atom is 0.0922 e. The molecule has 2 nitrogen and oxygen atoms in total. The molecule has 1 saturated carbocycles. The van der Waals surface area contributed by atoms with E-state index in [0.29, 0.717) is 6.04 Å². The van der Waals surface area contributed by atoms with Gasteiger partial charge in [-0.3, -0.25) is 0 Å². The summed E-state index contributed by atoms with van der Waals surface area (Å²) in [5, 5.41) is 13.0. The Morgan fingerprint density at radius 1 is 1.10 bits per heavy atom. The first kappa shape index (κ1) is 13.6. The van der Waals surface area contributed by atoms with Crippen LogP contribution in [0.2, 0.25) is 0 Å². The van der Waals surface area contributed by atoms with Gasteiger partial charge >= 0.3 is 0 Å². The number of nitrogens with zero attached hydrogens (tertiary/aromatic N) is 1. The molecule has 1 fully saturated rings. The van der Waals surface area contributed by atoms with E-state index in [1.165, 1.54) is 36.5 Å². The van der Waals surface area contributed by atoms with Crippen LogP contribution in [0.1, 0.15) is 37.4 Å². The van der Waals surface area contributed by atoms with E-state index in [1.807, 2.05) is 18.2 Å². The Morgan fingerprint density at radius 2 is 1.80 bits per heavy atom. The molecule has 0 aromatic heterocycles. The van der Waals surface area contributed by atoms with E-state index >= 15 is 0 Å². The van der Waals surface area contributed by atoms with Gasteiger partial charge < -0.3 is 10.0 Å². The molecule has 1 N–H and O–H groups in total. The quantitative estimate of drug-likeness (QED) is 0.914. The molecule has 1 atom stereocenters. The van der Waals surface area contributed by atoms with E-state index in [1.54, 1.807) is 0 Å². The van der Waals surface area contributed by atoms with Crippen LogP contribution in [0.4, 0.5) is 0 Å². The molecule has 106 valence electrons. The molecule has 1 aliphatic rings. The first-order valence-electron chi connectivity index (χ1n) is 7.61. The van der Waals surface area contributed by atoms with Crippen LogP contribution in [0.15, 0.2) is 42.5 Å². The molecule has 0 heterocycles. The number of likely N-dealkylation sites (N-methyl/N-ethyl adjacent to an activating group) is 1. The van der Waals surface area contributed by atoms with Crippen molar-refractivity contribution in [2.75, 3.05) is 13.6 Å². The Balaban J connectivity index is 1.79. The normalized spacial score (nSPS) is 17.9. The van der Waals surface area contributed by atoms with E-state index in [-0.39, 0.29) is 0 Å². The largest absolute Gasteiger partial charge is 0.387 e. The number of aliphatic hydroxyl groups is 1. The molecule has 0 radical (unpaired) electrons. The van der Waals surface area contributed by atoms with Crippen LogP contribution in [0.3, 0.4) is 0 Å². The van der Waals surface area contributed by atoms with Crippen molar-refractivity contribution in [2.45, 2.75) is 37.8 Å². The lowest BCUT2D eigenvalue weighted by molar-refractivity contribution is 0.106. The van der Waals surface area contributed by atoms with Crippen LogP contribution in [-0.4, -0.2) is 29.6 Å². The molecular formula is C18H23NO. The zero-order chi connectivity index (χ0) is 13.9. The minimum Gasteiger partial charge on any atom is -0.387 e. The molecule has 3 rings (SSSR count). The highest BCUT2D eigenvalue weighted by atomic mass is 16.3. The first-order chi connectivity index (χ1) is 9.75. The number of hydrogen-bond donors (Lipinski definition) is 1. The summed E-state index contributed by atoms with van der Waals surface area (Å²) < 4.78 is 0. The molecule has 1 unspecified atom stereocenters. The molecular weight excluding hydrogens is 246 g/mol. The highest BCUT2D eigenvalue weighted by molar-refractivity contribution is 5.85. The summed E-state index contributed by atoms with van der Waals surface area (Å²) >= 11 is 0. The topological polar surface area (TPSA) is 23.5 Å². The second-order valence-corrected chi connectivity index (χ2v) is 5.96. The average Bonchev–Trinajstić information content (AvgIpc) is 3.01. The molecule has 20 heavy (non-hydrogen) atoms. The monoisotopic (exact) mass is 269 g/mol. The lowest BCUT2D eigenvalue weighted by Gasteiger charge is -2.27. The second-order valence-electron chi connectivity index (χ2n) is 5.96. The Kier molecular flexibility index (Phi) is 4.04. The van der Waals surface area contributed by atoms with E-state index in [4.69, 9.17) is 0 Å². The van der Waals surface area contributed by atoms with Gasteiger partial charge in [-0.05, 0) is 36.2 Å². The molecule has 0 aliphatic heterocycles. The first-order valence-corrected chi connectivity index (χ1v) is 7.61. The second kappa shape index (κ2) is 5.94. The third kappa shape index (κ3) is 2.72. The van der Waals surface area contributed by atoms with Crippen molar-refractivity contribution in [3.63, 3.8) is 0 Å². The number of rotatable bonds is 4. The fourth-order valence-corrected chi connectivity index (χ4v) is 3.41. The summed E-state index contributed by atoms with van der Waals surface area (Å²) in [6.45, 7) is 0.721. The fourth-order valence-electron chi connectivity index (χ4n) is 3.41. The Hall–Kier alpha value is -1.38. The smallest absolute Gasteiger partial charge is 0.0922 e. The van der Waals surface area contributed by atoms with Crippen molar-refractivity contribution in [2.24, 2.45) is 0 Å². The number of fused-ring (bicyclic) bond motifs is 1. The molecule has 1 aliphatic carbocycles. The SMILES string of the molecule is CN(CC(O)c1cccc2ccccc12)C1CCCC1. The van der Waals surface area contributed by atoms with Gasteiger partial charge in [-0.1, -0.05) is 55.3 Å². The van der Waals surface area contributed by atoms with Crippen molar-refractivity contribution in [1.29, 1.82) is 0 Å². The number of benzene rings is 2. The van der Waals surface area contributed by atoms with Gasteiger partial charge in [0.25, 0.3) is 0 Å². The highest BCUT2D eigenvalue weighted by Gasteiger charge is 2.22. The van der Waals surface area contributed by atoms with Crippen LogP contribution >= 0.6 is 0 Å². The van der Waals surface area contributed by atoms with Gasteiger partial charge in [0, 0.05) is 12.6 Å². The third-order valence-electron chi connectivity index (χ3n) is 4.59. The lowest BCUT2D eigenvalue weighted by Crippen LogP contribution is -2.33. The summed E-state index contributed by atoms with van der Waals surface area (Å²) in [6, 6.07) is 15.1. The van der Waals surface area contributed by atoms with Crippen LogP contribution in [-0.2, 0) is 0 Å². The molecule has 2 heteroatoms. The maximum atomic E-state index is 10.6. The number of hydrogen-bond acceptors (Lipinski definition) is 2. The van der Waals surface area contributed by atoms with Crippen LogP contribution in [0.5, 0.6) is 0 Å². The van der Waals surface area contributed by atoms with Crippen molar-refractivity contribution in [3.8, 4) is 0 Å². The molecule has 2 aromatic rings. The Morgan fingerprint density at radius 3 is 2.60 bits per heavy atom. The Bertz CT molecular complexity index is 569. The van der Waals surface area contributed by atoms with Gasteiger partial charge in [0.2, 0.25) is 0 Å². The maximum absolute atomic E-state index is 10.6. The predicted molar refractivity (Wildman–Crippen MR) is 83.8 cm³/mol. The van der Waals surface area contributed by atoms with E-state index in [0.717, 1.165) is 12.1 Å². The van der Waals surface area contributed by atoms with Crippen LogP contribution in [0.25, 0.3) is 10.8 Å². The molecule has 0 amide bonds. The minimum atomic E-state index is -0.410. The zero-order valence-corrected chi connectivity index (χ0v) is 12.1. The van der Waals surface area contributed by atoms with Gasteiger partial charge in [-0.25, -0.2) is 0 Å². The van der Waals surface area contributed by atoms with Gasteiger partial charge in [0.05, 0.1) is 6.10 Å². The van der Waals surface area contributed by atoms with Gasteiger partial charge in [0.15, 0.2) is 0 Å².